The predicted molar refractivity (Wildman–Crippen MR) is 80.6 cm³/mol. The van der Waals surface area contributed by atoms with Crippen molar-refractivity contribution in [3.05, 3.63) is 12.2 Å². The molecule has 0 N–H and O–H groups in total. The Morgan fingerprint density at radius 1 is 1.19 bits per heavy atom. The van der Waals surface area contributed by atoms with Crippen molar-refractivity contribution in [3.63, 3.8) is 0 Å². The van der Waals surface area contributed by atoms with Gasteiger partial charge in [-0.25, -0.2) is 0 Å². The SMILES string of the molecule is CN(C)C(=O)C[C@@H]1C=C[C@H]2CC3(C[C@@H]12)OCC(C)(C)CO3. The molecule has 1 amide bonds. The van der Waals surface area contributed by atoms with Crippen molar-refractivity contribution in [2.75, 3.05) is 27.3 Å². The van der Waals surface area contributed by atoms with E-state index in [0.29, 0.717) is 24.2 Å². The maximum atomic E-state index is 12.0. The lowest BCUT2D eigenvalue weighted by atomic mass is 9.88. The number of ether oxygens (including phenoxy) is 2. The van der Waals surface area contributed by atoms with Gasteiger partial charge in [0, 0.05) is 38.8 Å². The van der Waals surface area contributed by atoms with Gasteiger partial charge >= 0.3 is 0 Å². The third-order valence-corrected chi connectivity index (χ3v) is 5.16. The lowest BCUT2D eigenvalue weighted by Gasteiger charge is -2.42. The van der Waals surface area contributed by atoms with Gasteiger partial charge in [-0.05, 0) is 17.8 Å². The summed E-state index contributed by atoms with van der Waals surface area (Å²) in [5, 5.41) is 0. The maximum absolute atomic E-state index is 12.0. The van der Waals surface area contributed by atoms with Crippen LogP contribution in [0.2, 0.25) is 0 Å². The Balaban J connectivity index is 1.64. The fraction of sp³-hybridized carbons (Fsp3) is 0.824. The molecule has 0 bridgehead atoms. The standard InChI is InChI=1S/C17H27NO3/c1-16(2)10-20-17(21-11-16)8-13-6-5-12(14(13)9-17)7-15(19)18(3)4/h5-6,12-14H,7-11H2,1-4H3/t12-,13-,14-/m0/s1. The van der Waals surface area contributed by atoms with Gasteiger partial charge in [0.05, 0.1) is 13.2 Å². The van der Waals surface area contributed by atoms with Crippen LogP contribution in [0.3, 0.4) is 0 Å². The molecule has 0 radical (unpaired) electrons. The number of hydrogen-bond donors (Lipinski definition) is 0. The number of rotatable bonds is 2. The van der Waals surface area contributed by atoms with E-state index < -0.39 is 5.79 Å². The summed E-state index contributed by atoms with van der Waals surface area (Å²) in [4.78, 5) is 13.7. The minimum absolute atomic E-state index is 0.110. The molecule has 0 aromatic heterocycles. The van der Waals surface area contributed by atoms with Crippen molar-refractivity contribution in [2.45, 2.75) is 38.9 Å². The molecule has 1 heterocycles. The second-order valence-corrected chi connectivity index (χ2v) is 7.93. The van der Waals surface area contributed by atoms with Crippen LogP contribution in [0.5, 0.6) is 0 Å². The third kappa shape index (κ3) is 2.88. The molecule has 3 aliphatic rings. The Bertz CT molecular complexity index is 445. The number of carbonyl (C=O) groups excluding carboxylic acids is 1. The van der Waals surface area contributed by atoms with Crippen LogP contribution in [0.1, 0.15) is 33.1 Å². The fourth-order valence-corrected chi connectivity index (χ4v) is 3.79. The van der Waals surface area contributed by atoms with Gasteiger partial charge in [0.15, 0.2) is 5.79 Å². The van der Waals surface area contributed by atoms with E-state index in [-0.39, 0.29) is 11.3 Å². The quantitative estimate of drug-likeness (QED) is 0.734. The molecule has 2 aliphatic carbocycles. The molecule has 3 rings (SSSR count). The summed E-state index contributed by atoms with van der Waals surface area (Å²) in [5.74, 6) is 1.15. The highest BCUT2D eigenvalue weighted by Crippen LogP contribution is 2.52. The summed E-state index contributed by atoms with van der Waals surface area (Å²) in [6.45, 7) is 5.87. The highest BCUT2D eigenvalue weighted by molar-refractivity contribution is 5.76. The van der Waals surface area contributed by atoms with E-state index >= 15 is 0 Å². The van der Waals surface area contributed by atoms with Crippen molar-refractivity contribution >= 4 is 5.91 Å². The largest absolute Gasteiger partial charge is 0.349 e. The molecule has 21 heavy (non-hydrogen) atoms. The Morgan fingerprint density at radius 3 is 2.48 bits per heavy atom. The van der Waals surface area contributed by atoms with Crippen LogP contribution in [-0.4, -0.2) is 43.9 Å². The van der Waals surface area contributed by atoms with Gasteiger partial charge in [0.25, 0.3) is 0 Å². The van der Waals surface area contributed by atoms with Crippen LogP contribution in [-0.2, 0) is 14.3 Å². The zero-order chi connectivity index (χ0) is 15.3. The highest BCUT2D eigenvalue weighted by atomic mass is 16.7. The van der Waals surface area contributed by atoms with Gasteiger partial charge in [-0.2, -0.15) is 0 Å². The summed E-state index contributed by atoms with van der Waals surface area (Å²) in [7, 11) is 3.65. The Labute approximate surface area is 127 Å². The lowest BCUT2D eigenvalue weighted by Crippen LogP contribution is -2.46. The van der Waals surface area contributed by atoms with E-state index in [1.165, 1.54) is 0 Å². The van der Waals surface area contributed by atoms with E-state index in [4.69, 9.17) is 9.47 Å². The first-order valence-corrected chi connectivity index (χ1v) is 7.97. The lowest BCUT2D eigenvalue weighted by molar-refractivity contribution is -0.297. The van der Waals surface area contributed by atoms with Crippen LogP contribution in [0, 0.1) is 23.2 Å². The monoisotopic (exact) mass is 293 g/mol. The first kappa shape index (κ1) is 15.0. The van der Waals surface area contributed by atoms with Gasteiger partial charge in [-0.1, -0.05) is 26.0 Å². The number of allylic oxidation sites excluding steroid dienone is 2. The fourth-order valence-electron chi connectivity index (χ4n) is 3.79. The molecule has 0 aromatic rings. The smallest absolute Gasteiger partial charge is 0.222 e. The summed E-state index contributed by atoms with van der Waals surface area (Å²) >= 11 is 0. The average molecular weight is 293 g/mol. The molecule has 4 nitrogen and oxygen atoms in total. The van der Waals surface area contributed by atoms with Crippen molar-refractivity contribution in [2.24, 2.45) is 23.2 Å². The molecular weight excluding hydrogens is 266 g/mol. The molecule has 0 unspecified atom stereocenters. The molecule has 1 aliphatic heterocycles. The van der Waals surface area contributed by atoms with Crippen LogP contribution >= 0.6 is 0 Å². The van der Waals surface area contributed by atoms with E-state index in [1.54, 1.807) is 4.90 Å². The zero-order valence-electron chi connectivity index (χ0n) is 13.6. The minimum atomic E-state index is -0.394. The number of nitrogens with zero attached hydrogens (tertiary/aromatic N) is 1. The molecule has 1 spiro atoms. The van der Waals surface area contributed by atoms with Gasteiger partial charge in [-0.3, -0.25) is 4.79 Å². The minimum Gasteiger partial charge on any atom is -0.349 e. The maximum Gasteiger partial charge on any atom is 0.222 e. The third-order valence-electron chi connectivity index (χ3n) is 5.16. The van der Waals surface area contributed by atoms with Crippen molar-refractivity contribution < 1.29 is 14.3 Å². The van der Waals surface area contributed by atoms with Crippen molar-refractivity contribution in [1.29, 1.82) is 0 Å². The molecular formula is C17H27NO3. The van der Waals surface area contributed by atoms with Crippen molar-refractivity contribution in [3.8, 4) is 0 Å². The second-order valence-electron chi connectivity index (χ2n) is 7.93. The van der Waals surface area contributed by atoms with Crippen LogP contribution in [0.25, 0.3) is 0 Å². The molecule has 2 fully saturated rings. The van der Waals surface area contributed by atoms with E-state index in [2.05, 4.69) is 26.0 Å². The first-order chi connectivity index (χ1) is 9.80. The molecule has 1 saturated carbocycles. The Morgan fingerprint density at radius 2 is 1.86 bits per heavy atom. The molecule has 0 aromatic carbocycles. The van der Waals surface area contributed by atoms with E-state index in [1.807, 2.05) is 14.1 Å². The number of hydrogen-bond acceptors (Lipinski definition) is 3. The predicted octanol–water partition coefficient (Wildman–Crippen LogP) is 2.45. The van der Waals surface area contributed by atoms with Gasteiger partial charge in [0.1, 0.15) is 0 Å². The summed E-state index contributed by atoms with van der Waals surface area (Å²) in [6.07, 6.45) is 6.98. The van der Waals surface area contributed by atoms with Crippen LogP contribution in [0.4, 0.5) is 0 Å². The summed E-state index contributed by atoms with van der Waals surface area (Å²) < 4.78 is 12.3. The Hall–Kier alpha value is -0.870. The molecule has 3 atom stereocenters. The zero-order valence-corrected chi connectivity index (χ0v) is 13.6. The topological polar surface area (TPSA) is 38.8 Å². The second kappa shape index (κ2) is 5.10. The number of amides is 1. The van der Waals surface area contributed by atoms with Crippen LogP contribution in [0.15, 0.2) is 12.2 Å². The summed E-state index contributed by atoms with van der Waals surface area (Å²) in [5.41, 5.74) is 0.110. The number of fused-ring (bicyclic) bond motifs is 1. The summed E-state index contributed by atoms with van der Waals surface area (Å²) in [6, 6.07) is 0. The highest BCUT2D eigenvalue weighted by Gasteiger charge is 2.53. The van der Waals surface area contributed by atoms with Gasteiger partial charge < -0.3 is 14.4 Å². The first-order valence-electron chi connectivity index (χ1n) is 7.97. The Kier molecular flexibility index (Phi) is 3.65. The molecule has 4 heteroatoms. The van der Waals surface area contributed by atoms with E-state index in [9.17, 15) is 4.79 Å². The van der Waals surface area contributed by atoms with Crippen molar-refractivity contribution in [1.82, 2.24) is 4.90 Å². The van der Waals surface area contributed by atoms with Crippen LogP contribution < -0.4 is 0 Å². The van der Waals surface area contributed by atoms with E-state index in [0.717, 1.165) is 26.1 Å². The molecule has 1 saturated heterocycles. The van der Waals surface area contributed by atoms with Gasteiger partial charge in [0.2, 0.25) is 5.91 Å². The van der Waals surface area contributed by atoms with Gasteiger partial charge in [-0.15, -0.1) is 0 Å². The molecule has 118 valence electrons. The normalized spacial score (nSPS) is 35.9. The average Bonchev–Trinajstić information content (AvgIpc) is 2.93. The number of carbonyl (C=O) groups is 1.